The molecule has 4 heteroatoms. The predicted octanol–water partition coefficient (Wildman–Crippen LogP) is 2.93. The molecule has 3 nitrogen and oxygen atoms in total. The zero-order valence-corrected chi connectivity index (χ0v) is 11.4. The van der Waals surface area contributed by atoms with Crippen LogP contribution in [0.1, 0.15) is 35.6 Å². The minimum Gasteiger partial charge on any atom is -0.305 e. The summed E-state index contributed by atoms with van der Waals surface area (Å²) in [5.74, 6) is 0.524. The van der Waals surface area contributed by atoms with Crippen LogP contribution in [0.15, 0.2) is 30.5 Å². The van der Waals surface area contributed by atoms with Crippen LogP contribution in [0.5, 0.6) is 0 Å². The van der Waals surface area contributed by atoms with Gasteiger partial charge in [0.1, 0.15) is 11.6 Å². The van der Waals surface area contributed by atoms with Crippen molar-refractivity contribution in [2.24, 2.45) is 0 Å². The Morgan fingerprint density at radius 1 is 1.26 bits per heavy atom. The van der Waals surface area contributed by atoms with E-state index in [1.807, 2.05) is 32.9 Å². The predicted molar refractivity (Wildman–Crippen MR) is 73.4 cm³/mol. The number of hydrogen-bond donors (Lipinski definition) is 1. The van der Waals surface area contributed by atoms with Gasteiger partial charge in [-0.2, -0.15) is 0 Å². The Bertz CT molecular complexity index is 569. The van der Waals surface area contributed by atoms with E-state index in [9.17, 15) is 4.39 Å². The second kappa shape index (κ2) is 5.89. The van der Waals surface area contributed by atoms with Gasteiger partial charge >= 0.3 is 0 Å². The van der Waals surface area contributed by atoms with Gasteiger partial charge in [0, 0.05) is 6.20 Å². The summed E-state index contributed by atoms with van der Waals surface area (Å²) in [6.45, 7) is 6.63. The summed E-state index contributed by atoms with van der Waals surface area (Å²) >= 11 is 0. The molecular formula is C15H18FN3. The number of hydrogen-bond acceptors (Lipinski definition) is 3. The van der Waals surface area contributed by atoms with Crippen LogP contribution in [-0.2, 0) is 0 Å². The molecule has 0 spiro atoms. The maximum atomic E-state index is 13.2. The fourth-order valence-electron chi connectivity index (χ4n) is 2.18. The van der Waals surface area contributed by atoms with Crippen molar-refractivity contribution < 1.29 is 4.39 Å². The van der Waals surface area contributed by atoms with E-state index in [1.165, 1.54) is 6.07 Å². The summed E-state index contributed by atoms with van der Waals surface area (Å²) in [4.78, 5) is 8.58. The average molecular weight is 259 g/mol. The molecule has 0 radical (unpaired) electrons. The monoisotopic (exact) mass is 259 g/mol. The van der Waals surface area contributed by atoms with Crippen molar-refractivity contribution in [2.45, 2.75) is 26.8 Å². The quantitative estimate of drug-likeness (QED) is 0.917. The van der Waals surface area contributed by atoms with Crippen molar-refractivity contribution >= 4 is 0 Å². The van der Waals surface area contributed by atoms with Crippen LogP contribution in [0.2, 0.25) is 0 Å². The third-order valence-electron chi connectivity index (χ3n) is 3.04. The van der Waals surface area contributed by atoms with Crippen molar-refractivity contribution in [3.05, 3.63) is 58.9 Å². The normalized spacial score (nSPS) is 12.4. The second-order valence-electron chi connectivity index (χ2n) is 4.52. The van der Waals surface area contributed by atoms with Gasteiger partial charge in [-0.15, -0.1) is 0 Å². The van der Waals surface area contributed by atoms with E-state index in [4.69, 9.17) is 0 Å². The first-order valence-electron chi connectivity index (χ1n) is 6.40. The molecule has 0 bridgehead atoms. The molecular weight excluding hydrogens is 241 g/mol. The zero-order chi connectivity index (χ0) is 13.8. The maximum absolute atomic E-state index is 13.2. The lowest BCUT2D eigenvalue weighted by molar-refractivity contribution is 0.599. The van der Waals surface area contributed by atoms with Crippen LogP contribution >= 0.6 is 0 Å². The SMILES string of the molecule is CCNC(c1ccnc(C)n1)c1ccc(F)cc1C. The van der Waals surface area contributed by atoms with E-state index in [1.54, 1.807) is 12.3 Å². The highest BCUT2D eigenvalue weighted by Gasteiger charge is 2.17. The molecule has 2 rings (SSSR count). The van der Waals surface area contributed by atoms with Crippen LogP contribution in [0.25, 0.3) is 0 Å². The van der Waals surface area contributed by atoms with Gasteiger partial charge in [0.05, 0.1) is 11.7 Å². The van der Waals surface area contributed by atoms with E-state index in [2.05, 4.69) is 15.3 Å². The molecule has 1 N–H and O–H groups in total. The summed E-state index contributed by atoms with van der Waals surface area (Å²) in [7, 11) is 0. The maximum Gasteiger partial charge on any atom is 0.125 e. The lowest BCUT2D eigenvalue weighted by Crippen LogP contribution is -2.24. The highest BCUT2D eigenvalue weighted by molar-refractivity contribution is 5.34. The second-order valence-corrected chi connectivity index (χ2v) is 4.52. The molecule has 19 heavy (non-hydrogen) atoms. The molecule has 1 atom stereocenters. The highest BCUT2D eigenvalue weighted by Crippen LogP contribution is 2.24. The van der Waals surface area contributed by atoms with Crippen LogP contribution < -0.4 is 5.32 Å². The summed E-state index contributed by atoms with van der Waals surface area (Å²) < 4.78 is 13.2. The first-order chi connectivity index (χ1) is 9.11. The van der Waals surface area contributed by atoms with Gasteiger partial charge in [-0.3, -0.25) is 0 Å². The first kappa shape index (κ1) is 13.6. The molecule has 2 aromatic rings. The summed E-state index contributed by atoms with van der Waals surface area (Å²) in [6.07, 6.45) is 1.75. The van der Waals surface area contributed by atoms with E-state index in [0.717, 1.165) is 29.2 Å². The van der Waals surface area contributed by atoms with Crippen molar-refractivity contribution in [3.63, 3.8) is 0 Å². The van der Waals surface area contributed by atoms with Crippen molar-refractivity contribution in [3.8, 4) is 0 Å². The standard InChI is InChI=1S/C15H18FN3/c1-4-17-15(14-7-8-18-11(3)19-14)13-6-5-12(16)9-10(13)2/h5-9,15,17H,4H2,1-3H3. The number of halogens is 1. The first-order valence-corrected chi connectivity index (χ1v) is 6.40. The smallest absolute Gasteiger partial charge is 0.125 e. The van der Waals surface area contributed by atoms with Crippen LogP contribution in [0.4, 0.5) is 4.39 Å². The molecule has 0 saturated heterocycles. The molecule has 1 unspecified atom stereocenters. The van der Waals surface area contributed by atoms with Crippen LogP contribution in [0, 0.1) is 19.7 Å². The average Bonchev–Trinajstić information content (AvgIpc) is 2.37. The fourth-order valence-corrected chi connectivity index (χ4v) is 2.18. The molecule has 0 amide bonds. The van der Waals surface area contributed by atoms with Gasteiger partial charge in [0.2, 0.25) is 0 Å². The topological polar surface area (TPSA) is 37.8 Å². The number of aryl methyl sites for hydroxylation is 2. The zero-order valence-electron chi connectivity index (χ0n) is 11.4. The number of rotatable bonds is 4. The third kappa shape index (κ3) is 3.15. The van der Waals surface area contributed by atoms with Gasteiger partial charge in [-0.05, 0) is 49.7 Å². The molecule has 0 aliphatic carbocycles. The van der Waals surface area contributed by atoms with Gasteiger partial charge < -0.3 is 5.32 Å². The Morgan fingerprint density at radius 3 is 2.68 bits per heavy atom. The Kier molecular flexibility index (Phi) is 4.22. The Balaban J connectivity index is 2.45. The molecule has 1 aromatic carbocycles. The molecule has 0 aliphatic rings. The molecule has 0 fully saturated rings. The molecule has 1 aromatic heterocycles. The van der Waals surface area contributed by atoms with Gasteiger partial charge in [-0.1, -0.05) is 13.0 Å². The Labute approximate surface area is 112 Å². The van der Waals surface area contributed by atoms with E-state index >= 15 is 0 Å². The third-order valence-corrected chi connectivity index (χ3v) is 3.04. The number of benzene rings is 1. The highest BCUT2D eigenvalue weighted by atomic mass is 19.1. The lowest BCUT2D eigenvalue weighted by atomic mass is 9.98. The van der Waals surface area contributed by atoms with Crippen molar-refractivity contribution in [1.82, 2.24) is 15.3 Å². The number of nitrogens with one attached hydrogen (secondary N) is 1. The molecule has 1 heterocycles. The van der Waals surface area contributed by atoms with Gasteiger partial charge in [0.25, 0.3) is 0 Å². The van der Waals surface area contributed by atoms with E-state index < -0.39 is 0 Å². The number of nitrogens with zero attached hydrogens (tertiary/aromatic N) is 2. The lowest BCUT2D eigenvalue weighted by Gasteiger charge is -2.20. The Hall–Kier alpha value is -1.81. The minimum absolute atomic E-state index is 0.0349. The minimum atomic E-state index is -0.213. The summed E-state index contributed by atoms with van der Waals surface area (Å²) in [5.41, 5.74) is 2.87. The van der Waals surface area contributed by atoms with Crippen molar-refractivity contribution in [1.29, 1.82) is 0 Å². The summed E-state index contributed by atoms with van der Waals surface area (Å²) in [6, 6.07) is 6.71. The van der Waals surface area contributed by atoms with Gasteiger partial charge in [-0.25, -0.2) is 14.4 Å². The molecule has 100 valence electrons. The summed E-state index contributed by atoms with van der Waals surface area (Å²) in [5, 5.41) is 3.39. The van der Waals surface area contributed by atoms with Crippen molar-refractivity contribution in [2.75, 3.05) is 6.54 Å². The molecule has 0 aliphatic heterocycles. The number of aromatic nitrogens is 2. The van der Waals surface area contributed by atoms with Crippen LogP contribution in [-0.4, -0.2) is 16.5 Å². The van der Waals surface area contributed by atoms with Crippen LogP contribution in [0.3, 0.4) is 0 Å². The van der Waals surface area contributed by atoms with Gasteiger partial charge in [0.15, 0.2) is 0 Å². The largest absolute Gasteiger partial charge is 0.305 e. The van der Waals surface area contributed by atoms with E-state index in [0.29, 0.717) is 0 Å². The van der Waals surface area contributed by atoms with E-state index in [-0.39, 0.29) is 11.9 Å². The molecule has 0 saturated carbocycles. The fraction of sp³-hybridized carbons (Fsp3) is 0.333. The Morgan fingerprint density at radius 2 is 2.05 bits per heavy atom.